The second kappa shape index (κ2) is 9.75. The second-order valence-electron chi connectivity index (χ2n) is 6.21. The molecule has 1 atom stereocenters. The Kier molecular flexibility index (Phi) is 7.68. The molecule has 1 aliphatic carbocycles. The summed E-state index contributed by atoms with van der Waals surface area (Å²) in [4.78, 5) is 12.2. The summed E-state index contributed by atoms with van der Waals surface area (Å²) in [5.41, 5.74) is 0.311. The minimum absolute atomic E-state index is 0.0835. The van der Waals surface area contributed by atoms with Gasteiger partial charge < -0.3 is 24.1 Å². The van der Waals surface area contributed by atoms with Crippen LogP contribution in [0, 0.1) is 0 Å². The van der Waals surface area contributed by atoms with Gasteiger partial charge in [0, 0.05) is 6.92 Å². The maximum Gasteiger partial charge on any atom is 0.342 e. The van der Waals surface area contributed by atoms with Crippen molar-refractivity contribution in [3.8, 4) is 5.75 Å². The lowest BCUT2D eigenvalue weighted by Gasteiger charge is -2.29. The first-order chi connectivity index (χ1) is 12.0. The molecule has 2 rings (SSSR count). The van der Waals surface area contributed by atoms with Crippen LogP contribution in [0.2, 0.25) is 0 Å². The smallest absolute Gasteiger partial charge is 0.342 e. The van der Waals surface area contributed by atoms with Gasteiger partial charge in [0.25, 0.3) is 0 Å². The predicted octanol–water partition coefficient (Wildman–Crippen LogP) is 3.63. The van der Waals surface area contributed by atoms with Crippen molar-refractivity contribution in [2.45, 2.75) is 58.0 Å². The second-order valence-corrected chi connectivity index (χ2v) is 6.21. The van der Waals surface area contributed by atoms with Crippen LogP contribution in [0.3, 0.4) is 0 Å². The molecule has 6 nitrogen and oxygen atoms in total. The summed E-state index contributed by atoms with van der Waals surface area (Å²) in [5.74, 6) is -1.97. The molecule has 1 aromatic rings. The maximum absolute atomic E-state index is 12.2. The molecule has 1 saturated carbocycles. The van der Waals surface area contributed by atoms with E-state index in [0.29, 0.717) is 24.9 Å². The number of phenols is 1. The Bertz CT molecular complexity index is 523. The molecule has 1 fully saturated rings. The van der Waals surface area contributed by atoms with Gasteiger partial charge >= 0.3 is 11.9 Å². The van der Waals surface area contributed by atoms with E-state index in [1.165, 1.54) is 43.5 Å². The van der Waals surface area contributed by atoms with Gasteiger partial charge in [0.2, 0.25) is 0 Å². The molecule has 1 N–H and O–H groups in total. The van der Waals surface area contributed by atoms with Gasteiger partial charge in [-0.3, -0.25) is 0 Å². The molecule has 0 spiro atoms. The molecule has 0 saturated heterocycles. The van der Waals surface area contributed by atoms with Gasteiger partial charge in [0.1, 0.15) is 5.75 Å². The molecule has 1 aromatic carbocycles. The number of phenolic OH excluding ortho intramolecular Hbond substituents is 1. The highest BCUT2D eigenvalue weighted by Gasteiger charge is 2.31. The van der Waals surface area contributed by atoms with Gasteiger partial charge in [-0.25, -0.2) is 4.79 Å². The van der Waals surface area contributed by atoms with E-state index < -0.39 is 11.9 Å². The van der Waals surface area contributed by atoms with Crippen LogP contribution in [-0.2, 0) is 18.9 Å². The molecule has 0 amide bonds. The fourth-order valence-corrected chi connectivity index (χ4v) is 2.86. The first-order valence-electron chi connectivity index (χ1n) is 8.94. The van der Waals surface area contributed by atoms with Crippen LogP contribution in [0.4, 0.5) is 0 Å². The highest BCUT2D eigenvalue weighted by Crippen LogP contribution is 2.21. The summed E-state index contributed by atoms with van der Waals surface area (Å²) < 4.78 is 22.3. The topological polar surface area (TPSA) is 74.2 Å². The Balaban J connectivity index is 1.81. The van der Waals surface area contributed by atoms with Crippen molar-refractivity contribution in [1.82, 2.24) is 0 Å². The first-order valence-corrected chi connectivity index (χ1v) is 8.94. The third-order valence-electron chi connectivity index (χ3n) is 4.14. The molecule has 0 aliphatic heterocycles. The molecule has 6 heteroatoms. The molecule has 1 aliphatic rings. The quantitative estimate of drug-likeness (QED) is 0.416. The molecule has 25 heavy (non-hydrogen) atoms. The van der Waals surface area contributed by atoms with Gasteiger partial charge in [-0.2, -0.15) is 0 Å². The Hall–Kier alpha value is -1.63. The van der Waals surface area contributed by atoms with Crippen molar-refractivity contribution in [3.63, 3.8) is 0 Å². The van der Waals surface area contributed by atoms with E-state index in [9.17, 15) is 9.90 Å². The van der Waals surface area contributed by atoms with Crippen molar-refractivity contribution in [2.75, 3.05) is 19.8 Å². The summed E-state index contributed by atoms with van der Waals surface area (Å²) >= 11 is 0. The van der Waals surface area contributed by atoms with E-state index >= 15 is 0 Å². The summed E-state index contributed by atoms with van der Waals surface area (Å²) in [7, 11) is 0. The first kappa shape index (κ1) is 19.7. The molecule has 0 aromatic heterocycles. The molecule has 0 radical (unpaired) electrons. The van der Waals surface area contributed by atoms with Crippen LogP contribution in [-0.4, -0.2) is 43.0 Å². The summed E-state index contributed by atoms with van der Waals surface area (Å²) in [6, 6.07) is 5.81. The lowest BCUT2D eigenvalue weighted by molar-refractivity contribution is -0.345. The molecule has 140 valence electrons. The number of carbonyl (C=O) groups excluding carboxylic acids is 1. The van der Waals surface area contributed by atoms with Crippen LogP contribution in [0.25, 0.3) is 0 Å². The number of carbonyl (C=O) groups is 1. The fourth-order valence-electron chi connectivity index (χ4n) is 2.86. The lowest BCUT2D eigenvalue weighted by atomic mass is 9.98. The van der Waals surface area contributed by atoms with Crippen LogP contribution < -0.4 is 0 Å². The third-order valence-corrected chi connectivity index (χ3v) is 4.14. The van der Waals surface area contributed by atoms with Gasteiger partial charge in [-0.15, -0.1) is 0 Å². The van der Waals surface area contributed by atoms with Crippen molar-refractivity contribution in [1.29, 1.82) is 0 Å². The SMILES string of the molecule is CCOC(C)(OCCOC1CCCCC1)OC(=O)c1ccc(O)cc1. The highest BCUT2D eigenvalue weighted by atomic mass is 16.9. The van der Waals surface area contributed by atoms with Crippen molar-refractivity contribution in [2.24, 2.45) is 0 Å². The Labute approximate surface area is 149 Å². The molecular formula is C19H28O6. The van der Waals surface area contributed by atoms with E-state index in [2.05, 4.69) is 0 Å². The predicted molar refractivity (Wildman–Crippen MR) is 92.3 cm³/mol. The monoisotopic (exact) mass is 352 g/mol. The van der Waals surface area contributed by atoms with Crippen LogP contribution in [0.5, 0.6) is 5.75 Å². The van der Waals surface area contributed by atoms with E-state index in [1.54, 1.807) is 13.8 Å². The fraction of sp³-hybridized carbons (Fsp3) is 0.632. The average Bonchev–Trinajstić information content (AvgIpc) is 2.60. The van der Waals surface area contributed by atoms with Gasteiger partial charge in [0.05, 0.1) is 31.5 Å². The summed E-state index contributed by atoms with van der Waals surface area (Å²) in [6.45, 7) is 4.41. The van der Waals surface area contributed by atoms with Crippen molar-refractivity contribution in [3.05, 3.63) is 29.8 Å². The average molecular weight is 352 g/mol. The molecule has 0 heterocycles. The number of hydrogen-bond donors (Lipinski definition) is 1. The minimum Gasteiger partial charge on any atom is -0.508 e. The Morgan fingerprint density at radius 1 is 1.12 bits per heavy atom. The van der Waals surface area contributed by atoms with E-state index in [-0.39, 0.29) is 12.4 Å². The van der Waals surface area contributed by atoms with E-state index in [4.69, 9.17) is 18.9 Å². The Morgan fingerprint density at radius 3 is 2.44 bits per heavy atom. The van der Waals surface area contributed by atoms with E-state index in [1.807, 2.05) is 0 Å². The van der Waals surface area contributed by atoms with Gasteiger partial charge in [-0.1, -0.05) is 19.3 Å². The number of ether oxygens (including phenoxy) is 4. The van der Waals surface area contributed by atoms with Crippen LogP contribution in [0.15, 0.2) is 24.3 Å². The zero-order valence-corrected chi connectivity index (χ0v) is 15.0. The lowest BCUT2D eigenvalue weighted by Crippen LogP contribution is -2.39. The van der Waals surface area contributed by atoms with E-state index in [0.717, 1.165) is 12.8 Å². The van der Waals surface area contributed by atoms with Crippen LogP contribution in [0.1, 0.15) is 56.3 Å². The molecular weight excluding hydrogens is 324 g/mol. The van der Waals surface area contributed by atoms with Gasteiger partial charge in [-0.05, 0) is 44.0 Å². The number of hydrogen-bond acceptors (Lipinski definition) is 6. The number of esters is 1. The normalized spacial score (nSPS) is 17.8. The molecule has 1 unspecified atom stereocenters. The summed E-state index contributed by atoms with van der Waals surface area (Å²) in [5, 5.41) is 9.29. The zero-order valence-electron chi connectivity index (χ0n) is 15.0. The molecule has 0 bridgehead atoms. The Morgan fingerprint density at radius 2 is 1.80 bits per heavy atom. The maximum atomic E-state index is 12.2. The number of rotatable bonds is 9. The number of aromatic hydroxyl groups is 1. The van der Waals surface area contributed by atoms with Crippen molar-refractivity contribution < 1.29 is 28.8 Å². The summed E-state index contributed by atoms with van der Waals surface area (Å²) in [6.07, 6.45) is 6.21. The number of benzene rings is 1. The highest BCUT2D eigenvalue weighted by molar-refractivity contribution is 5.89. The zero-order chi connectivity index (χ0) is 18.1. The van der Waals surface area contributed by atoms with Crippen LogP contribution >= 0.6 is 0 Å². The minimum atomic E-state index is -1.47. The van der Waals surface area contributed by atoms with Gasteiger partial charge in [0.15, 0.2) is 0 Å². The standard InChI is InChI=1S/C19H28O6/c1-3-23-19(2,24-14-13-22-17-7-5-4-6-8-17)25-18(21)15-9-11-16(20)12-10-15/h9-12,17,20H,3-8,13-14H2,1-2H3. The third kappa shape index (κ3) is 6.65. The van der Waals surface area contributed by atoms with Crippen molar-refractivity contribution >= 4 is 5.97 Å². The largest absolute Gasteiger partial charge is 0.508 e.